The minimum absolute atomic E-state index is 0.0403. The Kier molecular flexibility index (Phi) is 7.39. The van der Waals surface area contributed by atoms with Gasteiger partial charge in [-0.15, -0.1) is 0 Å². The van der Waals surface area contributed by atoms with Gasteiger partial charge in [0.05, 0.1) is 0 Å². The van der Waals surface area contributed by atoms with Crippen LogP contribution in [0.4, 0.5) is 0 Å². The van der Waals surface area contributed by atoms with Crippen molar-refractivity contribution in [3.63, 3.8) is 0 Å². The van der Waals surface area contributed by atoms with Gasteiger partial charge in [0.2, 0.25) is 5.91 Å². The zero-order chi connectivity index (χ0) is 18.9. The van der Waals surface area contributed by atoms with Crippen LogP contribution in [0.1, 0.15) is 40.4 Å². The van der Waals surface area contributed by atoms with E-state index in [1.807, 2.05) is 50.2 Å². The van der Waals surface area contributed by atoms with Gasteiger partial charge >= 0.3 is 0 Å². The molecule has 0 saturated heterocycles. The van der Waals surface area contributed by atoms with Crippen LogP contribution in [0.2, 0.25) is 0 Å². The predicted octanol–water partition coefficient (Wildman–Crippen LogP) is 3.51. The van der Waals surface area contributed by atoms with Gasteiger partial charge in [-0.2, -0.15) is 0 Å². The topological polar surface area (TPSA) is 49.4 Å². The summed E-state index contributed by atoms with van der Waals surface area (Å²) in [6.45, 7) is 7.28. The zero-order valence-electron chi connectivity index (χ0n) is 15.9. The molecule has 0 aromatic heterocycles. The van der Waals surface area contributed by atoms with Crippen molar-refractivity contribution in [1.82, 2.24) is 10.2 Å². The van der Waals surface area contributed by atoms with E-state index in [0.29, 0.717) is 25.2 Å². The second-order valence-electron chi connectivity index (χ2n) is 6.65. The summed E-state index contributed by atoms with van der Waals surface area (Å²) < 4.78 is 0. The molecule has 4 nitrogen and oxygen atoms in total. The molecule has 0 spiro atoms. The van der Waals surface area contributed by atoms with Crippen molar-refractivity contribution < 1.29 is 9.59 Å². The summed E-state index contributed by atoms with van der Waals surface area (Å²) in [5.41, 5.74) is 4.21. The lowest BCUT2D eigenvalue weighted by Crippen LogP contribution is -2.38. The Hall–Kier alpha value is -2.62. The fraction of sp³-hybridized carbons (Fsp3) is 0.364. The molecule has 26 heavy (non-hydrogen) atoms. The summed E-state index contributed by atoms with van der Waals surface area (Å²) in [5, 5.41) is 2.91. The normalized spacial score (nSPS) is 10.4. The Bertz CT molecular complexity index is 741. The molecule has 2 aromatic rings. The number of nitrogens with zero attached hydrogens (tertiary/aromatic N) is 1. The minimum atomic E-state index is -0.0964. The molecule has 0 saturated carbocycles. The third-order valence-corrected chi connectivity index (χ3v) is 4.62. The van der Waals surface area contributed by atoms with Crippen LogP contribution in [0.25, 0.3) is 0 Å². The number of rotatable bonds is 8. The van der Waals surface area contributed by atoms with Crippen LogP contribution in [-0.2, 0) is 11.2 Å². The van der Waals surface area contributed by atoms with Gasteiger partial charge in [0.25, 0.3) is 5.91 Å². The quantitative estimate of drug-likeness (QED) is 0.790. The zero-order valence-corrected chi connectivity index (χ0v) is 15.9. The molecule has 0 aliphatic rings. The van der Waals surface area contributed by atoms with E-state index < -0.39 is 0 Å². The van der Waals surface area contributed by atoms with E-state index in [1.54, 1.807) is 11.8 Å². The summed E-state index contributed by atoms with van der Waals surface area (Å²) in [6, 6.07) is 15.9. The van der Waals surface area contributed by atoms with Crippen molar-refractivity contribution in [3.05, 3.63) is 70.8 Å². The molecule has 4 heteroatoms. The van der Waals surface area contributed by atoms with Gasteiger partial charge in [0, 0.05) is 32.1 Å². The first kappa shape index (κ1) is 19.7. The largest absolute Gasteiger partial charge is 0.350 e. The van der Waals surface area contributed by atoms with Crippen molar-refractivity contribution in [2.45, 2.75) is 33.6 Å². The predicted molar refractivity (Wildman–Crippen MR) is 105 cm³/mol. The first-order chi connectivity index (χ1) is 12.5. The monoisotopic (exact) mass is 352 g/mol. The lowest BCUT2D eigenvalue weighted by molar-refractivity contribution is -0.128. The fourth-order valence-corrected chi connectivity index (χ4v) is 2.83. The number of amides is 2. The number of carbonyl (C=O) groups excluding carboxylic acids is 2. The van der Waals surface area contributed by atoms with Crippen LogP contribution >= 0.6 is 0 Å². The van der Waals surface area contributed by atoms with Gasteiger partial charge in [-0.3, -0.25) is 9.59 Å². The van der Waals surface area contributed by atoms with Gasteiger partial charge in [0.1, 0.15) is 0 Å². The third kappa shape index (κ3) is 6.03. The molecule has 2 rings (SSSR count). The van der Waals surface area contributed by atoms with E-state index in [2.05, 4.69) is 17.4 Å². The molecule has 0 fully saturated rings. The molecular formula is C22H28N2O2. The van der Waals surface area contributed by atoms with Gasteiger partial charge in [-0.05, 0) is 55.5 Å². The van der Waals surface area contributed by atoms with Gasteiger partial charge in [-0.25, -0.2) is 0 Å². The fourth-order valence-electron chi connectivity index (χ4n) is 2.83. The van der Waals surface area contributed by atoms with Crippen LogP contribution in [0.3, 0.4) is 0 Å². The Morgan fingerprint density at radius 2 is 1.69 bits per heavy atom. The first-order valence-corrected chi connectivity index (χ1v) is 9.12. The molecule has 138 valence electrons. The highest BCUT2D eigenvalue weighted by Crippen LogP contribution is 2.09. The second kappa shape index (κ2) is 9.76. The highest BCUT2D eigenvalue weighted by atomic mass is 16.2. The standard InChI is InChI=1S/C22H28N2O2/c1-17-11-12-21(16-18(17)2)22(26)23-13-15-24(19(3)25)14-7-10-20-8-5-4-6-9-20/h4-6,8-9,11-12,16H,7,10,13-15H2,1-3H3,(H,23,26). The van der Waals surface area contributed by atoms with Crippen molar-refractivity contribution in [1.29, 1.82) is 0 Å². The molecule has 0 atom stereocenters. The number of aryl methyl sites for hydroxylation is 3. The molecule has 0 heterocycles. The van der Waals surface area contributed by atoms with Gasteiger partial charge < -0.3 is 10.2 Å². The first-order valence-electron chi connectivity index (χ1n) is 9.12. The summed E-state index contributed by atoms with van der Waals surface area (Å²) in [5.74, 6) is -0.0561. The second-order valence-corrected chi connectivity index (χ2v) is 6.65. The highest BCUT2D eigenvalue weighted by Gasteiger charge is 2.10. The Labute approximate surface area is 156 Å². The lowest BCUT2D eigenvalue weighted by atomic mass is 10.1. The summed E-state index contributed by atoms with van der Waals surface area (Å²) in [4.78, 5) is 25.9. The van der Waals surface area contributed by atoms with E-state index in [-0.39, 0.29) is 11.8 Å². The van der Waals surface area contributed by atoms with Crippen LogP contribution < -0.4 is 5.32 Å². The maximum atomic E-state index is 12.2. The number of hydrogen-bond acceptors (Lipinski definition) is 2. The van der Waals surface area contributed by atoms with Crippen molar-refractivity contribution in [2.75, 3.05) is 19.6 Å². The van der Waals surface area contributed by atoms with E-state index in [1.165, 1.54) is 11.1 Å². The van der Waals surface area contributed by atoms with Crippen molar-refractivity contribution >= 4 is 11.8 Å². The van der Waals surface area contributed by atoms with E-state index >= 15 is 0 Å². The van der Waals surface area contributed by atoms with Crippen LogP contribution in [0.5, 0.6) is 0 Å². The Morgan fingerprint density at radius 3 is 2.35 bits per heavy atom. The SMILES string of the molecule is CC(=O)N(CCCc1ccccc1)CCNC(=O)c1ccc(C)c(C)c1. The molecule has 2 amide bonds. The summed E-state index contributed by atoms with van der Waals surface area (Å²) in [6.07, 6.45) is 1.86. The van der Waals surface area contributed by atoms with Crippen molar-refractivity contribution in [2.24, 2.45) is 0 Å². The van der Waals surface area contributed by atoms with Crippen LogP contribution in [0.15, 0.2) is 48.5 Å². The molecule has 2 aromatic carbocycles. The minimum Gasteiger partial charge on any atom is -0.350 e. The third-order valence-electron chi connectivity index (χ3n) is 4.62. The molecule has 0 aliphatic heterocycles. The maximum absolute atomic E-state index is 12.2. The van der Waals surface area contributed by atoms with Gasteiger partial charge in [0.15, 0.2) is 0 Å². The summed E-state index contributed by atoms with van der Waals surface area (Å²) in [7, 11) is 0. The van der Waals surface area contributed by atoms with E-state index in [4.69, 9.17) is 0 Å². The number of benzene rings is 2. The Balaban J connectivity index is 1.77. The summed E-state index contributed by atoms with van der Waals surface area (Å²) >= 11 is 0. The van der Waals surface area contributed by atoms with Crippen LogP contribution in [0, 0.1) is 13.8 Å². The highest BCUT2D eigenvalue weighted by molar-refractivity contribution is 5.94. The molecule has 0 radical (unpaired) electrons. The molecule has 0 aliphatic carbocycles. The number of nitrogens with one attached hydrogen (secondary N) is 1. The lowest BCUT2D eigenvalue weighted by Gasteiger charge is -2.21. The van der Waals surface area contributed by atoms with Gasteiger partial charge in [-0.1, -0.05) is 36.4 Å². The molecule has 0 unspecified atom stereocenters. The average Bonchev–Trinajstić information content (AvgIpc) is 2.63. The molecular weight excluding hydrogens is 324 g/mol. The van der Waals surface area contributed by atoms with E-state index in [9.17, 15) is 9.59 Å². The smallest absolute Gasteiger partial charge is 0.251 e. The molecule has 1 N–H and O–H groups in total. The maximum Gasteiger partial charge on any atom is 0.251 e. The number of carbonyl (C=O) groups is 2. The van der Waals surface area contributed by atoms with Crippen LogP contribution in [-0.4, -0.2) is 36.3 Å². The van der Waals surface area contributed by atoms with Crippen molar-refractivity contribution in [3.8, 4) is 0 Å². The van der Waals surface area contributed by atoms with E-state index in [0.717, 1.165) is 18.4 Å². The average molecular weight is 352 g/mol. The number of hydrogen-bond donors (Lipinski definition) is 1. The Morgan fingerprint density at radius 1 is 0.962 bits per heavy atom. The molecule has 0 bridgehead atoms.